The first-order valence-electron chi connectivity index (χ1n) is 11.6. The van der Waals surface area contributed by atoms with Crippen molar-refractivity contribution in [2.45, 2.75) is 38.8 Å². The van der Waals surface area contributed by atoms with Gasteiger partial charge < -0.3 is 9.64 Å². The number of ether oxygens (including phenoxy) is 1. The molecule has 0 aliphatic carbocycles. The van der Waals surface area contributed by atoms with Crippen LogP contribution in [0.4, 0.5) is 10.6 Å². The lowest BCUT2D eigenvalue weighted by Crippen LogP contribution is -2.38. The molecule has 1 atom stereocenters. The fourth-order valence-electron chi connectivity index (χ4n) is 4.16. The third-order valence-electron chi connectivity index (χ3n) is 6.17. The Kier molecular flexibility index (Phi) is 7.00. The van der Waals surface area contributed by atoms with Crippen LogP contribution >= 0.6 is 0 Å². The summed E-state index contributed by atoms with van der Waals surface area (Å²) in [6, 6.07) is 17.2. The molecule has 1 N–H and O–H groups in total. The van der Waals surface area contributed by atoms with Gasteiger partial charge in [-0.15, -0.1) is 0 Å². The molecule has 3 aromatic rings. The fourth-order valence-corrected chi connectivity index (χ4v) is 4.16. The molecule has 1 aliphatic heterocycles. The smallest absolute Gasteiger partial charge is 0.325 e. The molecular formula is C27H31N5O3. The number of anilines is 1. The number of rotatable bonds is 6. The molecule has 4 rings (SSSR count). The van der Waals surface area contributed by atoms with Crippen molar-refractivity contribution in [3.63, 3.8) is 0 Å². The molecule has 1 saturated heterocycles. The van der Waals surface area contributed by atoms with E-state index in [0.29, 0.717) is 18.8 Å². The molecule has 3 amide bonds. The van der Waals surface area contributed by atoms with Crippen LogP contribution in [0.5, 0.6) is 5.75 Å². The minimum Gasteiger partial charge on any atom is -0.497 e. The van der Waals surface area contributed by atoms with Gasteiger partial charge in [0.2, 0.25) is 5.91 Å². The summed E-state index contributed by atoms with van der Waals surface area (Å²) in [5.74, 6) is 1.08. The van der Waals surface area contributed by atoms with E-state index in [1.54, 1.807) is 29.2 Å². The molecule has 0 bridgehead atoms. The molecule has 1 unspecified atom stereocenters. The number of benzene rings is 2. The first-order chi connectivity index (χ1) is 16.8. The van der Waals surface area contributed by atoms with Gasteiger partial charge >= 0.3 is 6.03 Å². The second-order valence-corrected chi connectivity index (χ2v) is 9.58. The van der Waals surface area contributed by atoms with Gasteiger partial charge in [-0.1, -0.05) is 57.2 Å². The predicted octanol–water partition coefficient (Wildman–Crippen LogP) is 4.40. The highest BCUT2D eigenvalue weighted by atomic mass is 16.5. The van der Waals surface area contributed by atoms with Gasteiger partial charge in [0.05, 0.1) is 7.11 Å². The van der Waals surface area contributed by atoms with Crippen molar-refractivity contribution in [2.75, 3.05) is 25.5 Å². The average molecular weight is 474 g/mol. The Morgan fingerprint density at radius 3 is 2.40 bits per heavy atom. The highest BCUT2D eigenvalue weighted by Gasteiger charge is 2.41. The molecule has 0 radical (unpaired) electrons. The lowest BCUT2D eigenvalue weighted by Gasteiger charge is -2.31. The summed E-state index contributed by atoms with van der Waals surface area (Å²) in [6.45, 7) is 6.94. The Morgan fingerprint density at radius 2 is 1.80 bits per heavy atom. The topological polar surface area (TPSA) is 87.7 Å². The molecule has 0 saturated carbocycles. The highest BCUT2D eigenvalue weighted by molar-refractivity contribution is 5.94. The van der Waals surface area contributed by atoms with Crippen LogP contribution in [0.3, 0.4) is 0 Å². The Hall–Kier alpha value is -3.94. The van der Waals surface area contributed by atoms with Gasteiger partial charge in [0.15, 0.2) is 0 Å². The number of urea groups is 1. The molecule has 182 valence electrons. The summed E-state index contributed by atoms with van der Waals surface area (Å²) in [6.07, 6.45) is 3.07. The van der Waals surface area contributed by atoms with Crippen molar-refractivity contribution < 1.29 is 14.3 Å². The number of nitrogens with zero attached hydrogens (tertiary/aromatic N) is 4. The number of amides is 3. The van der Waals surface area contributed by atoms with Gasteiger partial charge in [-0.3, -0.25) is 15.0 Å². The number of nitrogens with one attached hydrogen (secondary N) is 1. The van der Waals surface area contributed by atoms with Gasteiger partial charge in [-0.2, -0.15) is 0 Å². The Morgan fingerprint density at radius 1 is 1.09 bits per heavy atom. The fraction of sp³-hybridized carbons (Fsp3) is 0.333. The summed E-state index contributed by atoms with van der Waals surface area (Å²) in [5.41, 5.74) is 3.16. The van der Waals surface area contributed by atoms with E-state index in [0.717, 1.165) is 16.9 Å². The first-order valence-corrected chi connectivity index (χ1v) is 11.6. The first kappa shape index (κ1) is 24.2. The second-order valence-electron chi connectivity index (χ2n) is 9.58. The van der Waals surface area contributed by atoms with Crippen LogP contribution in [0.15, 0.2) is 67.1 Å². The van der Waals surface area contributed by atoms with E-state index in [4.69, 9.17) is 4.74 Å². The maximum absolute atomic E-state index is 13.2. The van der Waals surface area contributed by atoms with E-state index >= 15 is 0 Å². The molecular weight excluding hydrogens is 442 g/mol. The number of hydrogen-bond donors (Lipinski definition) is 1. The molecule has 1 aliphatic rings. The summed E-state index contributed by atoms with van der Waals surface area (Å²) in [5, 5.41) is 2.79. The molecule has 2 aromatic carbocycles. The van der Waals surface area contributed by atoms with Crippen LogP contribution in [0.2, 0.25) is 0 Å². The number of carbonyl (C=O) groups excluding carboxylic acids is 2. The van der Waals surface area contributed by atoms with Gasteiger partial charge in [0, 0.05) is 12.7 Å². The zero-order chi connectivity index (χ0) is 25.0. The molecule has 0 spiro atoms. The van der Waals surface area contributed by atoms with Gasteiger partial charge in [-0.05, 0) is 46.7 Å². The number of aromatic nitrogens is 2. The van der Waals surface area contributed by atoms with E-state index in [9.17, 15) is 9.59 Å². The summed E-state index contributed by atoms with van der Waals surface area (Å²) in [4.78, 5) is 37.6. The molecule has 8 nitrogen and oxygen atoms in total. The Balaban J connectivity index is 1.60. The van der Waals surface area contributed by atoms with Crippen molar-refractivity contribution in [2.24, 2.45) is 0 Å². The molecule has 1 aromatic heterocycles. The summed E-state index contributed by atoms with van der Waals surface area (Å²) >= 11 is 0. The van der Waals surface area contributed by atoms with Gasteiger partial charge in [0.1, 0.15) is 30.6 Å². The average Bonchev–Trinajstić information content (AvgIpc) is 3.19. The Bertz CT molecular complexity index is 1160. The van der Waals surface area contributed by atoms with Crippen LogP contribution in [0, 0.1) is 0 Å². The van der Waals surface area contributed by atoms with Crippen LogP contribution in [-0.2, 0) is 16.6 Å². The standard InChI is InChI=1S/C27H31N5O3/c1-27(2,3)21-9-7-20(8-10-21)25-31(16-14-19-5-11-22(35-4)12-6-19)24(33)17-32(25)26(34)30-23-13-15-28-18-29-23/h5-13,15,18,25H,14,16-17H2,1-4H3,(H,28,29,30,34). The van der Waals surface area contributed by atoms with Crippen molar-refractivity contribution in [1.82, 2.24) is 19.8 Å². The SMILES string of the molecule is COc1ccc(CCN2C(=O)CN(C(=O)Nc3ccncn3)C2c2ccc(C(C)(C)C)cc2)cc1. The van der Waals surface area contributed by atoms with Crippen molar-refractivity contribution in [1.29, 1.82) is 0 Å². The monoisotopic (exact) mass is 473 g/mol. The van der Waals surface area contributed by atoms with E-state index in [1.807, 2.05) is 36.4 Å². The highest BCUT2D eigenvalue weighted by Crippen LogP contribution is 2.33. The van der Waals surface area contributed by atoms with E-state index in [1.165, 1.54) is 11.9 Å². The van der Waals surface area contributed by atoms with E-state index < -0.39 is 6.17 Å². The minimum atomic E-state index is -0.517. The molecule has 2 heterocycles. The van der Waals surface area contributed by atoms with Gasteiger partial charge in [-0.25, -0.2) is 14.8 Å². The van der Waals surface area contributed by atoms with Crippen LogP contribution in [-0.4, -0.2) is 51.9 Å². The number of hydrogen-bond acceptors (Lipinski definition) is 5. The Labute approximate surface area is 205 Å². The predicted molar refractivity (Wildman–Crippen MR) is 134 cm³/mol. The van der Waals surface area contributed by atoms with Gasteiger partial charge in [0.25, 0.3) is 0 Å². The number of methoxy groups -OCH3 is 1. The van der Waals surface area contributed by atoms with E-state index in [2.05, 4.69) is 48.2 Å². The maximum Gasteiger partial charge on any atom is 0.325 e. The molecule has 8 heteroatoms. The minimum absolute atomic E-state index is 0.00214. The second kappa shape index (κ2) is 10.1. The summed E-state index contributed by atoms with van der Waals surface area (Å²) in [7, 11) is 1.63. The zero-order valence-electron chi connectivity index (χ0n) is 20.6. The van der Waals surface area contributed by atoms with Crippen molar-refractivity contribution in [3.05, 3.63) is 83.8 Å². The molecule has 35 heavy (non-hydrogen) atoms. The van der Waals surface area contributed by atoms with Crippen LogP contribution < -0.4 is 10.1 Å². The number of carbonyl (C=O) groups is 2. The largest absolute Gasteiger partial charge is 0.497 e. The third kappa shape index (κ3) is 5.59. The van der Waals surface area contributed by atoms with E-state index in [-0.39, 0.29) is 23.9 Å². The van der Waals surface area contributed by atoms with Crippen molar-refractivity contribution >= 4 is 17.8 Å². The van der Waals surface area contributed by atoms with Crippen LogP contribution in [0.25, 0.3) is 0 Å². The summed E-state index contributed by atoms with van der Waals surface area (Å²) < 4.78 is 5.24. The van der Waals surface area contributed by atoms with Crippen molar-refractivity contribution in [3.8, 4) is 5.75 Å². The van der Waals surface area contributed by atoms with Crippen LogP contribution in [0.1, 0.15) is 43.6 Å². The third-order valence-corrected chi connectivity index (χ3v) is 6.17. The quantitative estimate of drug-likeness (QED) is 0.573. The lowest BCUT2D eigenvalue weighted by atomic mass is 9.86. The molecule has 1 fully saturated rings. The normalized spacial score (nSPS) is 15.9. The zero-order valence-corrected chi connectivity index (χ0v) is 20.6. The lowest BCUT2D eigenvalue weighted by molar-refractivity contribution is -0.128. The maximum atomic E-state index is 13.2.